The number of carbonyl (C=O) groups is 1. The average Bonchev–Trinajstić information content (AvgIpc) is 3.12. The molecule has 1 amide bonds. The van der Waals surface area contributed by atoms with Gasteiger partial charge in [-0.3, -0.25) is 4.79 Å². The number of nitrogens with one attached hydrogen (secondary N) is 2. The molecule has 4 rings (SSSR count). The second-order valence-electron chi connectivity index (χ2n) is 6.67. The number of sulfonamides is 1. The van der Waals surface area contributed by atoms with Crippen molar-refractivity contribution in [3.63, 3.8) is 0 Å². The van der Waals surface area contributed by atoms with Crippen LogP contribution >= 0.6 is 0 Å². The van der Waals surface area contributed by atoms with Crippen LogP contribution < -0.4 is 10.2 Å². The van der Waals surface area contributed by atoms with Crippen LogP contribution in [0.1, 0.15) is 6.92 Å². The SMILES string of the molecule is CC(=O)Nc1ccc(S(=O)(=O)N2CCN(c3nc4ccccc4[nH]3)CC2)cc1. The van der Waals surface area contributed by atoms with E-state index in [1.165, 1.54) is 23.4 Å². The number of imidazole rings is 1. The number of hydrogen-bond donors (Lipinski definition) is 2. The van der Waals surface area contributed by atoms with Crippen LogP contribution in [0.15, 0.2) is 53.4 Å². The maximum Gasteiger partial charge on any atom is 0.243 e. The van der Waals surface area contributed by atoms with E-state index in [0.29, 0.717) is 31.9 Å². The standard InChI is InChI=1S/C19H21N5O3S/c1-14(25)20-15-6-8-16(9-7-15)28(26,27)24-12-10-23(11-13-24)19-21-17-4-2-3-5-18(17)22-19/h2-9H,10-13H2,1H3,(H,20,25)(H,21,22). The molecule has 0 saturated carbocycles. The number of anilines is 2. The lowest BCUT2D eigenvalue weighted by atomic mass is 10.3. The highest BCUT2D eigenvalue weighted by molar-refractivity contribution is 7.89. The van der Waals surface area contributed by atoms with Crippen LogP contribution in [0, 0.1) is 0 Å². The first kappa shape index (κ1) is 18.5. The van der Waals surface area contributed by atoms with Crippen molar-refractivity contribution in [2.45, 2.75) is 11.8 Å². The summed E-state index contributed by atoms with van der Waals surface area (Å²) in [5.74, 6) is 0.565. The van der Waals surface area contributed by atoms with E-state index in [4.69, 9.17) is 0 Å². The van der Waals surface area contributed by atoms with Crippen molar-refractivity contribution in [1.82, 2.24) is 14.3 Å². The second-order valence-corrected chi connectivity index (χ2v) is 8.61. The smallest absolute Gasteiger partial charge is 0.243 e. The number of amides is 1. The van der Waals surface area contributed by atoms with Crippen LogP contribution in [0.5, 0.6) is 0 Å². The van der Waals surface area contributed by atoms with Crippen molar-refractivity contribution in [2.75, 3.05) is 36.4 Å². The summed E-state index contributed by atoms with van der Waals surface area (Å²) in [7, 11) is -3.57. The number of aromatic nitrogens is 2. The molecule has 1 aliphatic heterocycles. The number of piperazine rings is 1. The molecule has 9 heteroatoms. The van der Waals surface area contributed by atoms with Gasteiger partial charge in [0.05, 0.1) is 15.9 Å². The molecule has 0 radical (unpaired) electrons. The van der Waals surface area contributed by atoms with E-state index in [0.717, 1.165) is 17.0 Å². The number of fused-ring (bicyclic) bond motifs is 1. The zero-order chi connectivity index (χ0) is 19.7. The summed E-state index contributed by atoms with van der Waals surface area (Å²) in [6.45, 7) is 3.29. The summed E-state index contributed by atoms with van der Waals surface area (Å²) in [4.78, 5) is 21.2. The van der Waals surface area contributed by atoms with Gasteiger partial charge in [-0.05, 0) is 36.4 Å². The quantitative estimate of drug-likeness (QED) is 0.700. The Hall–Kier alpha value is -2.91. The van der Waals surface area contributed by atoms with Gasteiger partial charge >= 0.3 is 0 Å². The molecular formula is C19H21N5O3S. The minimum Gasteiger partial charge on any atom is -0.340 e. The monoisotopic (exact) mass is 399 g/mol. The maximum atomic E-state index is 12.9. The van der Waals surface area contributed by atoms with Gasteiger partial charge in [-0.1, -0.05) is 12.1 Å². The first-order chi connectivity index (χ1) is 13.4. The van der Waals surface area contributed by atoms with Crippen molar-refractivity contribution >= 4 is 38.6 Å². The van der Waals surface area contributed by atoms with E-state index in [1.807, 2.05) is 24.3 Å². The van der Waals surface area contributed by atoms with E-state index in [-0.39, 0.29) is 10.8 Å². The number of H-pyrrole nitrogens is 1. The van der Waals surface area contributed by atoms with Crippen LogP contribution in [0.25, 0.3) is 11.0 Å². The molecule has 8 nitrogen and oxygen atoms in total. The minimum atomic E-state index is -3.57. The van der Waals surface area contributed by atoms with Crippen LogP contribution in [-0.2, 0) is 14.8 Å². The fourth-order valence-electron chi connectivity index (χ4n) is 3.29. The molecule has 1 aliphatic rings. The molecule has 0 atom stereocenters. The predicted molar refractivity (Wildman–Crippen MR) is 108 cm³/mol. The molecule has 1 saturated heterocycles. The van der Waals surface area contributed by atoms with Crippen LogP contribution in [0.3, 0.4) is 0 Å². The summed E-state index contributed by atoms with van der Waals surface area (Å²) < 4.78 is 27.3. The van der Waals surface area contributed by atoms with Gasteiger partial charge in [-0.15, -0.1) is 0 Å². The molecule has 2 heterocycles. The summed E-state index contributed by atoms with van der Waals surface area (Å²) >= 11 is 0. The van der Waals surface area contributed by atoms with Crippen molar-refractivity contribution < 1.29 is 13.2 Å². The van der Waals surface area contributed by atoms with Gasteiger partial charge in [0.1, 0.15) is 0 Å². The van der Waals surface area contributed by atoms with E-state index in [9.17, 15) is 13.2 Å². The summed E-state index contributed by atoms with van der Waals surface area (Å²) in [5.41, 5.74) is 2.43. The van der Waals surface area contributed by atoms with E-state index < -0.39 is 10.0 Å². The normalized spacial score (nSPS) is 15.7. The maximum absolute atomic E-state index is 12.9. The Balaban J connectivity index is 1.45. The molecule has 146 valence electrons. The molecule has 0 spiro atoms. The summed E-state index contributed by atoms with van der Waals surface area (Å²) in [6.07, 6.45) is 0. The number of nitrogens with zero attached hydrogens (tertiary/aromatic N) is 3. The summed E-state index contributed by atoms with van der Waals surface area (Å²) in [6, 6.07) is 14.0. The highest BCUT2D eigenvalue weighted by Gasteiger charge is 2.29. The fourth-order valence-corrected chi connectivity index (χ4v) is 4.71. The van der Waals surface area contributed by atoms with Crippen molar-refractivity contribution in [3.05, 3.63) is 48.5 Å². The predicted octanol–water partition coefficient (Wildman–Crippen LogP) is 2.03. The Kier molecular flexibility index (Phi) is 4.78. The Bertz CT molecular complexity index is 1070. The van der Waals surface area contributed by atoms with E-state index in [2.05, 4.69) is 20.2 Å². The first-order valence-electron chi connectivity index (χ1n) is 9.01. The highest BCUT2D eigenvalue weighted by Crippen LogP contribution is 2.22. The van der Waals surface area contributed by atoms with E-state index in [1.54, 1.807) is 12.1 Å². The van der Waals surface area contributed by atoms with Crippen molar-refractivity contribution in [1.29, 1.82) is 0 Å². The van der Waals surface area contributed by atoms with E-state index >= 15 is 0 Å². The third-order valence-corrected chi connectivity index (χ3v) is 6.64. The highest BCUT2D eigenvalue weighted by atomic mass is 32.2. The topological polar surface area (TPSA) is 98.4 Å². The lowest BCUT2D eigenvalue weighted by Gasteiger charge is -2.33. The Morgan fingerprint density at radius 2 is 1.71 bits per heavy atom. The molecule has 2 N–H and O–H groups in total. The molecule has 2 aromatic carbocycles. The fraction of sp³-hybridized carbons (Fsp3) is 0.263. The molecule has 1 fully saturated rings. The van der Waals surface area contributed by atoms with Crippen molar-refractivity contribution in [3.8, 4) is 0 Å². The van der Waals surface area contributed by atoms with Crippen LogP contribution in [0.4, 0.5) is 11.6 Å². The van der Waals surface area contributed by atoms with Gasteiger partial charge in [0, 0.05) is 38.8 Å². The molecule has 1 aromatic heterocycles. The molecule has 0 unspecified atom stereocenters. The van der Waals surface area contributed by atoms with Gasteiger partial charge in [-0.2, -0.15) is 4.31 Å². The third kappa shape index (κ3) is 3.58. The zero-order valence-corrected chi connectivity index (χ0v) is 16.2. The Morgan fingerprint density at radius 3 is 2.36 bits per heavy atom. The van der Waals surface area contributed by atoms with Crippen molar-refractivity contribution in [2.24, 2.45) is 0 Å². The molecule has 0 aliphatic carbocycles. The lowest BCUT2D eigenvalue weighted by molar-refractivity contribution is -0.114. The lowest BCUT2D eigenvalue weighted by Crippen LogP contribution is -2.49. The number of para-hydroxylation sites is 2. The van der Waals surface area contributed by atoms with Gasteiger partial charge in [0.15, 0.2) is 0 Å². The Morgan fingerprint density at radius 1 is 1.04 bits per heavy atom. The number of aromatic amines is 1. The number of hydrogen-bond acceptors (Lipinski definition) is 5. The first-order valence-corrected chi connectivity index (χ1v) is 10.4. The number of benzene rings is 2. The summed E-state index contributed by atoms with van der Waals surface area (Å²) in [5, 5.41) is 2.63. The number of rotatable bonds is 4. The van der Waals surface area contributed by atoms with Crippen LogP contribution in [0.2, 0.25) is 0 Å². The molecule has 0 bridgehead atoms. The minimum absolute atomic E-state index is 0.197. The van der Waals surface area contributed by atoms with Gasteiger partial charge in [0.25, 0.3) is 0 Å². The molecule has 3 aromatic rings. The molecular weight excluding hydrogens is 378 g/mol. The van der Waals surface area contributed by atoms with Gasteiger partial charge in [0.2, 0.25) is 21.9 Å². The van der Waals surface area contributed by atoms with Gasteiger partial charge in [-0.25, -0.2) is 13.4 Å². The number of carbonyl (C=O) groups excluding carboxylic acids is 1. The van der Waals surface area contributed by atoms with Gasteiger partial charge < -0.3 is 15.2 Å². The van der Waals surface area contributed by atoms with Crippen LogP contribution in [-0.4, -0.2) is 54.8 Å². The average molecular weight is 399 g/mol. The third-order valence-electron chi connectivity index (χ3n) is 4.73. The second kappa shape index (κ2) is 7.25. The largest absolute Gasteiger partial charge is 0.340 e. The zero-order valence-electron chi connectivity index (χ0n) is 15.4. The Labute approximate surface area is 163 Å². The molecule has 28 heavy (non-hydrogen) atoms.